The Morgan fingerprint density at radius 1 is 0.297 bits per heavy atom. The normalized spacial score (nSPS) is 14.1. The molecule has 0 aromatic rings. The van der Waals surface area contributed by atoms with Crippen LogP contribution in [0.3, 0.4) is 0 Å². The SMILES string of the molecule is CCCCCCCCCCCCCCCCCCCCCC(=O)O[C@H](COC(=O)CCCCCCCCCCCC(C)C)COP(=O)(O)OC[C@@H](O)COP(=O)(O)OC[C@@H](COC(=O)CCCCCCCCC(C)C)OC(=O)CCCCCCCCCCCCC. The number of hydrogen-bond acceptors (Lipinski definition) is 15. The van der Waals surface area contributed by atoms with Crippen LogP contribution in [0.5, 0.6) is 0 Å². The molecule has 0 amide bonds. The Hall–Kier alpha value is -1.94. The fourth-order valence-corrected chi connectivity index (χ4v) is 12.5. The number of carbonyl (C=O) groups excluding carboxylic acids is 4. The fourth-order valence-electron chi connectivity index (χ4n) is 10.9. The van der Waals surface area contributed by atoms with Gasteiger partial charge in [-0.2, -0.15) is 0 Å². The molecule has 0 fully saturated rings. The number of ether oxygens (including phenoxy) is 4. The average molecular weight is 1340 g/mol. The predicted octanol–water partition coefficient (Wildman–Crippen LogP) is 20.8. The smallest absolute Gasteiger partial charge is 0.462 e. The first kappa shape index (κ1) is 89.1. The predicted molar refractivity (Wildman–Crippen MR) is 368 cm³/mol. The molecule has 0 radical (unpaired) electrons. The maximum absolute atomic E-state index is 13.0. The lowest BCUT2D eigenvalue weighted by molar-refractivity contribution is -0.161. The quantitative estimate of drug-likeness (QED) is 0.0222. The number of carbonyl (C=O) groups is 4. The summed E-state index contributed by atoms with van der Waals surface area (Å²) >= 11 is 0. The van der Waals surface area contributed by atoms with Crippen molar-refractivity contribution in [3.63, 3.8) is 0 Å². The van der Waals surface area contributed by atoms with Crippen LogP contribution in [-0.2, 0) is 65.4 Å². The van der Waals surface area contributed by atoms with Gasteiger partial charge in [0.15, 0.2) is 12.2 Å². The molecule has 0 heterocycles. The van der Waals surface area contributed by atoms with Crippen molar-refractivity contribution in [2.45, 2.75) is 387 Å². The molecule has 0 rings (SSSR count). The van der Waals surface area contributed by atoms with Gasteiger partial charge in [-0.1, -0.05) is 318 Å². The Balaban J connectivity index is 5.20. The first-order valence-electron chi connectivity index (χ1n) is 37.5. The van der Waals surface area contributed by atoms with Crippen LogP contribution in [0, 0.1) is 11.8 Å². The molecule has 0 saturated heterocycles. The van der Waals surface area contributed by atoms with Gasteiger partial charge in [0.2, 0.25) is 0 Å². The molecule has 91 heavy (non-hydrogen) atoms. The van der Waals surface area contributed by atoms with E-state index in [1.54, 1.807) is 0 Å². The fraction of sp³-hybridized carbons (Fsp3) is 0.944. The van der Waals surface area contributed by atoms with Crippen molar-refractivity contribution in [2.24, 2.45) is 11.8 Å². The van der Waals surface area contributed by atoms with Crippen LogP contribution in [-0.4, -0.2) is 96.7 Å². The molecule has 0 aromatic heterocycles. The Kier molecular flexibility index (Phi) is 62.7. The number of hydrogen-bond donors (Lipinski definition) is 3. The molecule has 0 aliphatic rings. The van der Waals surface area contributed by atoms with E-state index in [1.165, 1.54) is 180 Å². The Labute approximate surface area is 556 Å². The topological polar surface area (TPSA) is 237 Å². The molecule has 3 N–H and O–H groups in total. The monoisotopic (exact) mass is 1340 g/mol. The van der Waals surface area contributed by atoms with Crippen molar-refractivity contribution in [3.8, 4) is 0 Å². The van der Waals surface area contributed by atoms with Crippen molar-refractivity contribution in [3.05, 3.63) is 0 Å². The first-order valence-corrected chi connectivity index (χ1v) is 40.5. The molecule has 5 atom stereocenters. The van der Waals surface area contributed by atoms with Crippen LogP contribution in [0.4, 0.5) is 0 Å². The Morgan fingerprint density at radius 2 is 0.505 bits per heavy atom. The third-order valence-electron chi connectivity index (χ3n) is 16.7. The van der Waals surface area contributed by atoms with Crippen molar-refractivity contribution < 1.29 is 80.2 Å². The summed E-state index contributed by atoms with van der Waals surface area (Å²) in [5.74, 6) is -0.700. The van der Waals surface area contributed by atoms with Gasteiger partial charge >= 0.3 is 39.5 Å². The van der Waals surface area contributed by atoms with Gasteiger partial charge in [0.05, 0.1) is 26.4 Å². The number of phosphoric ester groups is 2. The summed E-state index contributed by atoms with van der Waals surface area (Å²) in [6, 6.07) is 0. The summed E-state index contributed by atoms with van der Waals surface area (Å²) in [6.45, 7) is 9.46. The summed E-state index contributed by atoms with van der Waals surface area (Å²) in [7, 11) is -9.90. The van der Waals surface area contributed by atoms with Gasteiger partial charge in [0, 0.05) is 25.7 Å². The van der Waals surface area contributed by atoms with Crippen molar-refractivity contribution in [1.29, 1.82) is 0 Å². The van der Waals surface area contributed by atoms with E-state index in [-0.39, 0.29) is 25.7 Å². The van der Waals surface area contributed by atoms with E-state index in [9.17, 15) is 43.2 Å². The first-order chi connectivity index (χ1) is 43.9. The van der Waals surface area contributed by atoms with Crippen LogP contribution in [0.1, 0.15) is 369 Å². The molecule has 540 valence electrons. The molecule has 0 aromatic carbocycles. The Bertz CT molecular complexity index is 1770. The Morgan fingerprint density at radius 3 is 0.747 bits per heavy atom. The van der Waals surface area contributed by atoms with E-state index in [0.717, 1.165) is 102 Å². The lowest BCUT2D eigenvalue weighted by Gasteiger charge is -2.21. The zero-order valence-corrected chi connectivity index (χ0v) is 60.9. The van der Waals surface area contributed by atoms with Crippen LogP contribution in [0.2, 0.25) is 0 Å². The van der Waals surface area contributed by atoms with Gasteiger partial charge in [-0.15, -0.1) is 0 Å². The highest BCUT2D eigenvalue weighted by atomic mass is 31.2. The van der Waals surface area contributed by atoms with Gasteiger partial charge in [-0.3, -0.25) is 37.3 Å². The molecule has 0 saturated carbocycles. The minimum absolute atomic E-state index is 0.106. The maximum Gasteiger partial charge on any atom is 0.472 e. The van der Waals surface area contributed by atoms with Gasteiger partial charge in [-0.05, 0) is 37.5 Å². The van der Waals surface area contributed by atoms with Crippen molar-refractivity contribution in [1.82, 2.24) is 0 Å². The number of phosphoric acid groups is 2. The van der Waals surface area contributed by atoms with E-state index >= 15 is 0 Å². The molecule has 2 unspecified atom stereocenters. The average Bonchev–Trinajstić information content (AvgIpc) is 3.22. The third kappa shape index (κ3) is 66.5. The second-order valence-electron chi connectivity index (χ2n) is 26.9. The van der Waals surface area contributed by atoms with Gasteiger partial charge < -0.3 is 33.8 Å². The standard InChI is InChI=1S/C72H140O17P2/c1-7-9-11-13-15-17-19-20-21-22-23-24-25-26-28-32-37-45-51-57-72(77)88-67(60-82-69(74)54-48-42-35-33-29-30-34-40-46-52-64(3)4)62-86-90(78,79)84-58-66(73)59-85-91(80,81)87-63-68(61-83-70(75)55-49-43-39-38-41-47-53-65(5)6)89-71(76)56-50-44-36-31-27-18-16-14-12-10-8-2/h64-68,73H,7-63H2,1-6H3,(H,78,79)(H,80,81)/t66-,67-,68-/m1/s1. The zero-order valence-electron chi connectivity index (χ0n) is 59.1. The van der Waals surface area contributed by atoms with E-state index in [4.69, 9.17) is 37.0 Å². The number of aliphatic hydroxyl groups excluding tert-OH is 1. The van der Waals surface area contributed by atoms with Crippen LogP contribution < -0.4 is 0 Å². The number of esters is 4. The van der Waals surface area contributed by atoms with E-state index < -0.39 is 97.5 Å². The lowest BCUT2D eigenvalue weighted by atomic mass is 10.0. The maximum atomic E-state index is 13.0. The van der Waals surface area contributed by atoms with Crippen LogP contribution >= 0.6 is 15.6 Å². The minimum Gasteiger partial charge on any atom is -0.462 e. The largest absolute Gasteiger partial charge is 0.472 e. The summed E-state index contributed by atoms with van der Waals surface area (Å²) < 4.78 is 68.3. The minimum atomic E-state index is -4.95. The summed E-state index contributed by atoms with van der Waals surface area (Å²) in [6.07, 6.45) is 50.2. The number of rotatable bonds is 71. The summed E-state index contributed by atoms with van der Waals surface area (Å²) in [5, 5.41) is 10.6. The lowest BCUT2D eigenvalue weighted by Crippen LogP contribution is -2.30. The molecule has 0 bridgehead atoms. The highest BCUT2D eigenvalue weighted by Crippen LogP contribution is 2.45. The molecule has 17 nitrogen and oxygen atoms in total. The third-order valence-corrected chi connectivity index (χ3v) is 18.6. The van der Waals surface area contributed by atoms with E-state index in [2.05, 4.69) is 41.5 Å². The van der Waals surface area contributed by atoms with Crippen LogP contribution in [0.15, 0.2) is 0 Å². The highest BCUT2D eigenvalue weighted by Gasteiger charge is 2.30. The second-order valence-corrected chi connectivity index (χ2v) is 29.8. The molecular formula is C72H140O17P2. The number of aliphatic hydroxyl groups is 1. The summed E-state index contributed by atoms with van der Waals surface area (Å²) in [4.78, 5) is 72.5. The molecule has 0 aliphatic heterocycles. The van der Waals surface area contributed by atoms with E-state index in [1.807, 2.05) is 0 Å². The number of unbranched alkanes of at least 4 members (excludes halogenated alkanes) is 41. The highest BCUT2D eigenvalue weighted by molar-refractivity contribution is 7.47. The molecule has 0 aliphatic carbocycles. The summed E-state index contributed by atoms with van der Waals surface area (Å²) in [5.41, 5.74) is 0. The van der Waals surface area contributed by atoms with Crippen molar-refractivity contribution in [2.75, 3.05) is 39.6 Å². The van der Waals surface area contributed by atoms with Crippen LogP contribution in [0.25, 0.3) is 0 Å². The molecular weight excluding hydrogens is 1200 g/mol. The molecule has 19 heteroatoms. The zero-order chi connectivity index (χ0) is 67.2. The van der Waals surface area contributed by atoms with Gasteiger partial charge in [0.1, 0.15) is 19.3 Å². The van der Waals surface area contributed by atoms with E-state index in [0.29, 0.717) is 31.6 Å². The molecule has 0 spiro atoms. The second kappa shape index (κ2) is 64.1. The van der Waals surface area contributed by atoms with Gasteiger partial charge in [0.25, 0.3) is 0 Å². The van der Waals surface area contributed by atoms with Gasteiger partial charge in [-0.25, -0.2) is 9.13 Å². The van der Waals surface area contributed by atoms with Crippen molar-refractivity contribution >= 4 is 39.5 Å².